The molecule has 0 bridgehead atoms. The van der Waals surface area contributed by atoms with E-state index < -0.39 is 17.1 Å². The number of hydrogen-bond acceptors (Lipinski definition) is 5. The minimum atomic E-state index is -1.42. The minimum Gasteiger partial charge on any atom is -0.611 e. The van der Waals surface area contributed by atoms with Crippen molar-refractivity contribution in [3.05, 3.63) is 54.3 Å². The lowest BCUT2D eigenvalue weighted by molar-refractivity contribution is -0.142. The van der Waals surface area contributed by atoms with Gasteiger partial charge in [-0.25, -0.2) is 0 Å². The summed E-state index contributed by atoms with van der Waals surface area (Å²) in [6, 6.07) is 4.86. The van der Waals surface area contributed by atoms with E-state index in [0.29, 0.717) is 29.2 Å². The number of carbonyl (C=O) groups excluding carboxylic acids is 2. The van der Waals surface area contributed by atoms with E-state index in [1.807, 2.05) is 0 Å². The molecule has 7 heteroatoms. The maximum Gasteiger partial charge on any atom is 0.314 e. The molecular formula is C17H17NO5S. The molecule has 0 aromatic carbocycles. The van der Waals surface area contributed by atoms with Crippen molar-refractivity contribution in [2.45, 2.75) is 23.8 Å². The van der Waals surface area contributed by atoms with E-state index in [-0.39, 0.29) is 23.3 Å². The summed E-state index contributed by atoms with van der Waals surface area (Å²) in [6.07, 6.45) is 3.51. The standard InChI is InChI=1S/C17H17NO5S/c1-3-9-24(21)14-10-12-11(17(20)22-2)6-7-18(12)15(14)16(19)13-5-4-8-23-13/h3-5,8,10-11H,1,6-7,9H2,2H3. The van der Waals surface area contributed by atoms with Gasteiger partial charge in [-0.15, -0.1) is 0 Å². The first-order valence-corrected chi connectivity index (χ1v) is 8.79. The van der Waals surface area contributed by atoms with Crippen molar-refractivity contribution >= 4 is 22.9 Å². The molecule has 1 aliphatic heterocycles. The smallest absolute Gasteiger partial charge is 0.314 e. The number of methoxy groups -OCH3 is 1. The van der Waals surface area contributed by atoms with E-state index in [1.54, 1.807) is 22.8 Å². The Morgan fingerprint density at radius 3 is 3.00 bits per heavy atom. The van der Waals surface area contributed by atoms with Gasteiger partial charge in [0.15, 0.2) is 10.7 Å². The second kappa shape index (κ2) is 6.70. The summed E-state index contributed by atoms with van der Waals surface area (Å²) in [5.41, 5.74) is 0.968. The highest BCUT2D eigenvalue weighted by molar-refractivity contribution is 7.91. The second-order valence-electron chi connectivity index (χ2n) is 5.41. The highest BCUT2D eigenvalue weighted by Crippen LogP contribution is 2.36. The lowest BCUT2D eigenvalue weighted by Crippen LogP contribution is -2.14. The van der Waals surface area contributed by atoms with Crippen molar-refractivity contribution in [2.24, 2.45) is 0 Å². The summed E-state index contributed by atoms with van der Waals surface area (Å²) < 4.78 is 24.3. The van der Waals surface area contributed by atoms with E-state index in [2.05, 4.69) is 6.58 Å². The fourth-order valence-electron chi connectivity index (χ4n) is 2.99. The van der Waals surface area contributed by atoms with Gasteiger partial charge in [-0.05, 0) is 35.8 Å². The van der Waals surface area contributed by atoms with Crippen LogP contribution in [0.1, 0.15) is 34.3 Å². The van der Waals surface area contributed by atoms with Crippen LogP contribution >= 0.6 is 0 Å². The molecule has 1 aliphatic rings. The average Bonchev–Trinajstić information content (AvgIpc) is 3.29. The summed E-state index contributed by atoms with van der Waals surface area (Å²) >= 11 is -1.42. The van der Waals surface area contributed by atoms with Gasteiger partial charge in [-0.3, -0.25) is 9.59 Å². The van der Waals surface area contributed by atoms with Crippen LogP contribution in [-0.4, -0.2) is 33.7 Å². The number of fused-ring (bicyclic) bond motifs is 1. The number of hydrogen-bond donors (Lipinski definition) is 0. The molecule has 0 saturated carbocycles. The Labute approximate surface area is 142 Å². The molecule has 0 N–H and O–H groups in total. The molecule has 126 valence electrons. The SMILES string of the molecule is C=CC[S+]([O-])c1cc2n(c1C(=O)c1ccco1)CCC2C(=O)OC. The molecule has 2 aromatic rings. The van der Waals surface area contributed by atoms with Crippen LogP contribution in [0.4, 0.5) is 0 Å². The maximum atomic E-state index is 12.8. The van der Waals surface area contributed by atoms with Gasteiger partial charge < -0.3 is 18.3 Å². The Morgan fingerprint density at radius 1 is 1.58 bits per heavy atom. The molecule has 2 atom stereocenters. The Morgan fingerprint density at radius 2 is 2.38 bits per heavy atom. The molecule has 6 nitrogen and oxygen atoms in total. The number of nitrogens with zero attached hydrogens (tertiary/aromatic N) is 1. The van der Waals surface area contributed by atoms with Gasteiger partial charge in [0.2, 0.25) is 5.78 Å². The maximum absolute atomic E-state index is 12.8. The van der Waals surface area contributed by atoms with Gasteiger partial charge in [0.05, 0.1) is 19.3 Å². The van der Waals surface area contributed by atoms with Crippen molar-refractivity contribution in [3.63, 3.8) is 0 Å². The van der Waals surface area contributed by atoms with Gasteiger partial charge >= 0.3 is 5.97 Å². The lowest BCUT2D eigenvalue weighted by atomic mass is 10.1. The van der Waals surface area contributed by atoms with Gasteiger partial charge in [0.1, 0.15) is 11.4 Å². The molecule has 0 aliphatic carbocycles. The minimum absolute atomic E-state index is 0.175. The predicted molar refractivity (Wildman–Crippen MR) is 87.4 cm³/mol. The van der Waals surface area contributed by atoms with E-state index in [1.165, 1.54) is 19.4 Å². The normalized spacial score (nSPS) is 17.3. The van der Waals surface area contributed by atoms with Gasteiger partial charge in [0, 0.05) is 18.3 Å². The second-order valence-corrected chi connectivity index (χ2v) is 6.87. The van der Waals surface area contributed by atoms with Crippen LogP contribution in [0.2, 0.25) is 0 Å². The Hall–Kier alpha value is -2.25. The van der Waals surface area contributed by atoms with E-state index in [4.69, 9.17) is 9.15 Å². The number of ether oxygens (including phenoxy) is 1. The molecule has 0 fully saturated rings. The zero-order chi connectivity index (χ0) is 17.3. The summed E-state index contributed by atoms with van der Waals surface area (Å²) in [5, 5.41) is 0. The first-order chi connectivity index (χ1) is 11.6. The molecule has 2 unspecified atom stereocenters. The molecule has 3 rings (SSSR count). The van der Waals surface area contributed by atoms with Crippen LogP contribution in [0, 0.1) is 0 Å². The summed E-state index contributed by atoms with van der Waals surface area (Å²) in [4.78, 5) is 25.2. The molecule has 0 saturated heterocycles. The number of ketones is 1. The van der Waals surface area contributed by atoms with E-state index >= 15 is 0 Å². The van der Waals surface area contributed by atoms with Crippen LogP contribution in [0.3, 0.4) is 0 Å². The third kappa shape index (κ3) is 2.70. The Bertz CT molecular complexity index is 777. The number of esters is 1. The van der Waals surface area contributed by atoms with Crippen LogP contribution in [0.25, 0.3) is 0 Å². The molecule has 2 aromatic heterocycles. The molecule has 3 heterocycles. The third-order valence-corrected chi connectivity index (χ3v) is 5.39. The summed E-state index contributed by atoms with van der Waals surface area (Å²) in [7, 11) is 1.33. The van der Waals surface area contributed by atoms with Gasteiger partial charge in [-0.1, -0.05) is 6.58 Å². The van der Waals surface area contributed by atoms with Crippen LogP contribution < -0.4 is 0 Å². The quantitative estimate of drug-likeness (QED) is 0.346. The summed E-state index contributed by atoms with van der Waals surface area (Å²) in [6.45, 7) is 4.08. The Balaban J connectivity index is 2.10. The highest BCUT2D eigenvalue weighted by atomic mass is 32.2. The number of aromatic nitrogens is 1. The predicted octanol–water partition coefficient (Wildman–Crippen LogP) is 2.27. The first-order valence-electron chi connectivity index (χ1n) is 7.47. The largest absolute Gasteiger partial charge is 0.611 e. The molecular weight excluding hydrogens is 330 g/mol. The first kappa shape index (κ1) is 16.6. The highest BCUT2D eigenvalue weighted by Gasteiger charge is 2.38. The van der Waals surface area contributed by atoms with Crippen molar-refractivity contribution in [1.29, 1.82) is 0 Å². The third-order valence-electron chi connectivity index (χ3n) is 4.05. The van der Waals surface area contributed by atoms with Gasteiger partial charge in [0.25, 0.3) is 0 Å². The zero-order valence-corrected chi connectivity index (χ0v) is 14.0. The molecule has 0 radical (unpaired) electrons. The monoisotopic (exact) mass is 347 g/mol. The fraction of sp³-hybridized carbons (Fsp3) is 0.294. The average molecular weight is 347 g/mol. The molecule has 24 heavy (non-hydrogen) atoms. The van der Waals surface area contributed by atoms with Gasteiger partial charge in [-0.2, -0.15) is 0 Å². The topological polar surface area (TPSA) is 84.5 Å². The number of carbonyl (C=O) groups is 2. The van der Waals surface area contributed by atoms with E-state index in [9.17, 15) is 14.1 Å². The van der Waals surface area contributed by atoms with E-state index in [0.717, 1.165) is 0 Å². The van der Waals surface area contributed by atoms with Crippen LogP contribution in [-0.2, 0) is 27.3 Å². The fourth-order valence-corrected chi connectivity index (χ4v) is 4.05. The zero-order valence-electron chi connectivity index (χ0n) is 13.2. The molecule has 0 amide bonds. The number of rotatable bonds is 6. The summed E-state index contributed by atoms with van der Waals surface area (Å²) in [5.74, 6) is -0.750. The lowest BCUT2D eigenvalue weighted by Gasteiger charge is -2.10. The Kier molecular flexibility index (Phi) is 4.64. The number of furan rings is 1. The van der Waals surface area contributed by atoms with Crippen molar-refractivity contribution in [1.82, 2.24) is 4.57 Å². The van der Waals surface area contributed by atoms with Crippen molar-refractivity contribution in [3.8, 4) is 0 Å². The van der Waals surface area contributed by atoms with Crippen LogP contribution in [0.15, 0.2) is 46.4 Å². The van der Waals surface area contributed by atoms with Crippen LogP contribution in [0.5, 0.6) is 0 Å². The molecule has 0 spiro atoms. The van der Waals surface area contributed by atoms with Crippen molar-refractivity contribution in [2.75, 3.05) is 12.9 Å². The van der Waals surface area contributed by atoms with Crippen molar-refractivity contribution < 1.29 is 23.3 Å².